The quantitative estimate of drug-likeness (QED) is 0.878. The Balaban J connectivity index is 1.39. The molecule has 3 saturated heterocycles. The van der Waals surface area contributed by atoms with Gasteiger partial charge in [-0.15, -0.1) is 0 Å². The van der Waals surface area contributed by atoms with Gasteiger partial charge in [-0.1, -0.05) is 17.7 Å². The number of ether oxygens (including phenoxy) is 1. The van der Waals surface area contributed by atoms with E-state index < -0.39 is 0 Å². The largest absolute Gasteiger partial charge is 0.370 e. The standard InChI is InChI=1S/C18H22ClN3O3/c19-12-4-3-5-13(8-12)20-18(24)22-10-14-9-15(16(11-22)25-14)17(23)21-6-1-2-7-21/h3-5,8,14-16H,1-2,6-7,9-11H2,(H,20,24). The van der Waals surface area contributed by atoms with Crippen molar-refractivity contribution in [2.45, 2.75) is 31.5 Å². The number of benzene rings is 1. The van der Waals surface area contributed by atoms with Crippen LogP contribution in [-0.4, -0.2) is 60.1 Å². The second-order valence-corrected chi connectivity index (χ2v) is 7.45. The lowest BCUT2D eigenvalue weighted by Crippen LogP contribution is -2.49. The second-order valence-electron chi connectivity index (χ2n) is 7.02. The number of urea groups is 1. The summed E-state index contributed by atoms with van der Waals surface area (Å²) in [6.45, 7) is 2.68. The fourth-order valence-corrected chi connectivity index (χ4v) is 4.21. The van der Waals surface area contributed by atoms with Crippen molar-refractivity contribution in [3.05, 3.63) is 29.3 Å². The number of likely N-dealkylation sites (tertiary alicyclic amines) is 2. The van der Waals surface area contributed by atoms with Crippen molar-refractivity contribution in [1.82, 2.24) is 9.80 Å². The highest BCUT2D eigenvalue weighted by Gasteiger charge is 2.47. The lowest BCUT2D eigenvalue weighted by Gasteiger charge is -2.33. The molecule has 25 heavy (non-hydrogen) atoms. The molecule has 3 heterocycles. The van der Waals surface area contributed by atoms with Crippen LogP contribution in [-0.2, 0) is 9.53 Å². The van der Waals surface area contributed by atoms with Crippen LogP contribution in [0.1, 0.15) is 19.3 Å². The number of rotatable bonds is 2. The summed E-state index contributed by atoms with van der Waals surface area (Å²) in [5, 5.41) is 3.45. The van der Waals surface area contributed by atoms with Gasteiger partial charge in [0.1, 0.15) is 0 Å². The molecule has 0 aromatic heterocycles. The molecule has 3 amide bonds. The minimum atomic E-state index is -0.197. The highest BCUT2D eigenvalue weighted by molar-refractivity contribution is 6.30. The molecular formula is C18H22ClN3O3. The summed E-state index contributed by atoms with van der Waals surface area (Å²) in [5.41, 5.74) is 0.668. The van der Waals surface area contributed by atoms with Gasteiger partial charge in [0, 0.05) is 36.9 Å². The summed E-state index contributed by atoms with van der Waals surface area (Å²) in [7, 11) is 0. The lowest BCUT2D eigenvalue weighted by molar-refractivity contribution is -0.137. The molecule has 3 unspecified atom stereocenters. The molecule has 3 fully saturated rings. The monoisotopic (exact) mass is 363 g/mol. The van der Waals surface area contributed by atoms with Gasteiger partial charge < -0.3 is 19.9 Å². The van der Waals surface area contributed by atoms with Crippen molar-refractivity contribution >= 4 is 29.2 Å². The fourth-order valence-electron chi connectivity index (χ4n) is 4.02. The summed E-state index contributed by atoms with van der Waals surface area (Å²) in [6, 6.07) is 6.91. The Bertz CT molecular complexity index is 677. The van der Waals surface area contributed by atoms with Crippen molar-refractivity contribution in [2.75, 3.05) is 31.5 Å². The first-order chi connectivity index (χ1) is 12.1. The predicted molar refractivity (Wildman–Crippen MR) is 94.6 cm³/mol. The molecule has 2 bridgehead atoms. The number of nitrogens with one attached hydrogen (secondary N) is 1. The number of halogens is 1. The lowest BCUT2D eigenvalue weighted by atomic mass is 9.99. The van der Waals surface area contributed by atoms with Crippen LogP contribution in [0.5, 0.6) is 0 Å². The predicted octanol–water partition coefficient (Wildman–Crippen LogP) is 2.58. The van der Waals surface area contributed by atoms with Gasteiger partial charge in [0.25, 0.3) is 0 Å². The van der Waals surface area contributed by atoms with Crippen molar-refractivity contribution in [2.24, 2.45) is 5.92 Å². The fraction of sp³-hybridized carbons (Fsp3) is 0.556. The molecule has 1 aromatic rings. The molecule has 6 nitrogen and oxygen atoms in total. The highest BCUT2D eigenvalue weighted by atomic mass is 35.5. The van der Waals surface area contributed by atoms with E-state index in [4.69, 9.17) is 16.3 Å². The third-order valence-electron chi connectivity index (χ3n) is 5.26. The minimum Gasteiger partial charge on any atom is -0.370 e. The smallest absolute Gasteiger partial charge is 0.322 e. The number of morpholine rings is 1. The Labute approximate surface area is 152 Å². The average molecular weight is 364 g/mol. The maximum absolute atomic E-state index is 12.7. The van der Waals surface area contributed by atoms with Crippen LogP contribution in [0.2, 0.25) is 5.02 Å². The topological polar surface area (TPSA) is 61.9 Å². The van der Waals surface area contributed by atoms with Crippen LogP contribution in [0, 0.1) is 5.92 Å². The van der Waals surface area contributed by atoms with E-state index >= 15 is 0 Å². The summed E-state index contributed by atoms with van der Waals surface area (Å²) >= 11 is 5.96. The summed E-state index contributed by atoms with van der Waals surface area (Å²) in [5.74, 6) is 0.0779. The maximum Gasteiger partial charge on any atom is 0.322 e. The van der Waals surface area contributed by atoms with E-state index in [2.05, 4.69) is 5.32 Å². The van der Waals surface area contributed by atoms with E-state index in [0.29, 0.717) is 30.2 Å². The first-order valence-electron chi connectivity index (χ1n) is 8.86. The van der Waals surface area contributed by atoms with Crippen LogP contribution in [0.4, 0.5) is 10.5 Å². The molecule has 0 radical (unpaired) electrons. The Kier molecular flexibility index (Phi) is 4.56. The van der Waals surface area contributed by atoms with Crippen LogP contribution >= 0.6 is 11.6 Å². The molecule has 3 atom stereocenters. The number of carbonyl (C=O) groups excluding carboxylic acids is 2. The normalized spacial score (nSPS) is 28.3. The Hall–Kier alpha value is -1.79. The Morgan fingerprint density at radius 3 is 2.72 bits per heavy atom. The highest BCUT2D eigenvalue weighted by Crippen LogP contribution is 2.34. The number of carbonyl (C=O) groups is 2. The summed E-state index contributed by atoms with van der Waals surface area (Å²) in [6.07, 6.45) is 2.63. The van der Waals surface area contributed by atoms with E-state index in [9.17, 15) is 9.59 Å². The number of fused-ring (bicyclic) bond motifs is 2. The van der Waals surface area contributed by atoms with Gasteiger partial charge in [0.05, 0.1) is 18.1 Å². The number of nitrogens with zero attached hydrogens (tertiary/aromatic N) is 2. The van der Waals surface area contributed by atoms with Crippen molar-refractivity contribution in [3.8, 4) is 0 Å². The van der Waals surface area contributed by atoms with E-state index in [-0.39, 0.29) is 30.1 Å². The van der Waals surface area contributed by atoms with Crippen LogP contribution in [0.3, 0.4) is 0 Å². The van der Waals surface area contributed by atoms with Crippen molar-refractivity contribution in [1.29, 1.82) is 0 Å². The molecular weight excluding hydrogens is 342 g/mol. The average Bonchev–Trinajstić information content (AvgIpc) is 3.22. The molecule has 3 aliphatic heterocycles. The molecule has 0 saturated carbocycles. The van der Waals surface area contributed by atoms with Crippen LogP contribution in [0.25, 0.3) is 0 Å². The molecule has 1 aromatic carbocycles. The van der Waals surface area contributed by atoms with E-state index in [1.54, 1.807) is 29.2 Å². The Morgan fingerprint density at radius 2 is 1.96 bits per heavy atom. The minimum absolute atomic E-state index is 0.0552. The third-order valence-corrected chi connectivity index (χ3v) is 5.49. The zero-order valence-corrected chi connectivity index (χ0v) is 14.7. The van der Waals surface area contributed by atoms with Crippen molar-refractivity contribution in [3.63, 3.8) is 0 Å². The van der Waals surface area contributed by atoms with Gasteiger partial charge in [-0.3, -0.25) is 4.79 Å². The molecule has 4 rings (SSSR count). The van der Waals surface area contributed by atoms with Gasteiger partial charge >= 0.3 is 6.03 Å². The van der Waals surface area contributed by atoms with Crippen LogP contribution < -0.4 is 5.32 Å². The van der Waals surface area contributed by atoms with Crippen LogP contribution in [0.15, 0.2) is 24.3 Å². The number of anilines is 1. The second kappa shape index (κ2) is 6.84. The molecule has 3 aliphatic rings. The van der Waals surface area contributed by atoms with E-state index in [0.717, 1.165) is 25.9 Å². The zero-order chi connectivity index (χ0) is 17.4. The van der Waals surface area contributed by atoms with Crippen molar-refractivity contribution < 1.29 is 14.3 Å². The van der Waals surface area contributed by atoms with Gasteiger partial charge in [0.15, 0.2) is 0 Å². The van der Waals surface area contributed by atoms with Gasteiger partial charge in [-0.25, -0.2) is 4.79 Å². The molecule has 7 heteroatoms. The summed E-state index contributed by atoms with van der Waals surface area (Å²) in [4.78, 5) is 29.0. The summed E-state index contributed by atoms with van der Waals surface area (Å²) < 4.78 is 5.95. The first-order valence-corrected chi connectivity index (χ1v) is 9.24. The first kappa shape index (κ1) is 16.7. The number of hydrogen-bond donors (Lipinski definition) is 1. The number of hydrogen-bond acceptors (Lipinski definition) is 3. The molecule has 0 spiro atoms. The van der Waals surface area contributed by atoms with Gasteiger partial charge in [-0.05, 0) is 37.5 Å². The van der Waals surface area contributed by atoms with Gasteiger partial charge in [0.2, 0.25) is 5.91 Å². The van der Waals surface area contributed by atoms with Gasteiger partial charge in [-0.2, -0.15) is 0 Å². The molecule has 1 N–H and O–H groups in total. The SMILES string of the molecule is O=C(Nc1cccc(Cl)c1)N1CC2CC(C(=O)N3CCCC3)C(C1)O2. The Morgan fingerprint density at radius 1 is 1.16 bits per heavy atom. The van der Waals surface area contributed by atoms with E-state index in [1.165, 1.54) is 0 Å². The molecule has 0 aliphatic carbocycles. The van der Waals surface area contributed by atoms with E-state index in [1.807, 2.05) is 4.90 Å². The zero-order valence-electron chi connectivity index (χ0n) is 14.0. The number of amides is 3. The third kappa shape index (κ3) is 3.46. The maximum atomic E-state index is 12.7. The molecule has 134 valence electrons.